The molecule has 0 atom stereocenters. The average molecular weight is 503 g/mol. The predicted molar refractivity (Wildman–Crippen MR) is 149 cm³/mol. The van der Waals surface area contributed by atoms with Crippen LogP contribution in [0.15, 0.2) is 48.5 Å². The van der Waals surface area contributed by atoms with Crippen molar-refractivity contribution in [1.29, 1.82) is 0 Å². The molecular weight excluding hydrogens is 452 g/mol. The molecule has 2 aromatic rings. The van der Waals surface area contributed by atoms with Crippen LogP contribution in [0.1, 0.15) is 85.8 Å². The fourth-order valence-corrected chi connectivity index (χ4v) is 3.33. The molecule has 0 heterocycles. The van der Waals surface area contributed by atoms with Crippen molar-refractivity contribution in [1.82, 2.24) is 0 Å². The van der Waals surface area contributed by atoms with E-state index in [1.807, 2.05) is 24.3 Å². The summed E-state index contributed by atoms with van der Waals surface area (Å²) in [6.07, 6.45) is 4.17. The van der Waals surface area contributed by atoms with E-state index in [2.05, 4.69) is 53.7 Å². The van der Waals surface area contributed by atoms with Crippen molar-refractivity contribution < 1.29 is 25.2 Å². The summed E-state index contributed by atoms with van der Waals surface area (Å²) in [6.45, 7) is 14.2. The van der Waals surface area contributed by atoms with E-state index in [4.69, 9.17) is 14.9 Å². The van der Waals surface area contributed by atoms with Crippen LogP contribution in [0.25, 0.3) is 0 Å². The second-order valence-corrected chi connectivity index (χ2v) is 12.3. The number of hydrogen-bond acceptors (Lipinski definition) is 5. The number of aliphatic hydroxyl groups is 3. The smallest absolute Gasteiger partial charge is 0.119 e. The second kappa shape index (κ2) is 12.9. The largest absolute Gasteiger partial charge is 0.508 e. The Bertz CT molecular complexity index is 909. The van der Waals surface area contributed by atoms with Gasteiger partial charge in [0.15, 0.2) is 0 Å². The van der Waals surface area contributed by atoms with E-state index in [0.717, 1.165) is 37.0 Å². The van der Waals surface area contributed by atoms with Gasteiger partial charge in [0.2, 0.25) is 0 Å². The minimum absolute atomic E-state index is 0. The predicted octanol–water partition coefficient (Wildman–Crippen LogP) is 6.21. The molecule has 2 aliphatic rings. The Morgan fingerprint density at radius 1 is 0.694 bits per heavy atom. The Morgan fingerprint density at radius 2 is 1.14 bits per heavy atom. The quantitative estimate of drug-likeness (QED) is 0.377. The van der Waals surface area contributed by atoms with Crippen molar-refractivity contribution in [2.45, 2.75) is 85.5 Å². The van der Waals surface area contributed by atoms with E-state index < -0.39 is 0 Å². The Kier molecular flexibility index (Phi) is 11.5. The summed E-state index contributed by atoms with van der Waals surface area (Å²) in [7, 11) is 0. The summed E-state index contributed by atoms with van der Waals surface area (Å²) >= 11 is 0. The normalized spacial score (nSPS) is 16.8. The maximum Gasteiger partial charge on any atom is 0.119 e. The molecular formula is C31H50O5. The molecule has 36 heavy (non-hydrogen) atoms. The Morgan fingerprint density at radius 3 is 1.47 bits per heavy atom. The van der Waals surface area contributed by atoms with E-state index in [-0.39, 0.29) is 48.9 Å². The van der Waals surface area contributed by atoms with Crippen LogP contribution < -0.4 is 4.74 Å². The van der Waals surface area contributed by atoms with Crippen LogP contribution in [0, 0.1) is 10.8 Å². The van der Waals surface area contributed by atoms with Crippen molar-refractivity contribution in [2.24, 2.45) is 10.8 Å². The summed E-state index contributed by atoms with van der Waals surface area (Å²) in [4.78, 5) is 0. The molecule has 2 aromatic carbocycles. The third-order valence-electron chi connectivity index (χ3n) is 6.88. The fraction of sp³-hybridized carbons (Fsp3) is 0.613. The molecule has 0 aromatic heterocycles. The van der Waals surface area contributed by atoms with E-state index in [1.54, 1.807) is 12.1 Å². The molecule has 0 aliphatic heterocycles. The molecule has 4 N–H and O–H groups in total. The Hall–Kier alpha value is -2.08. The molecule has 2 saturated carbocycles. The van der Waals surface area contributed by atoms with Gasteiger partial charge in [0, 0.05) is 10.8 Å². The van der Waals surface area contributed by atoms with Crippen molar-refractivity contribution in [3.05, 3.63) is 59.7 Å². The van der Waals surface area contributed by atoms with Gasteiger partial charge in [-0.2, -0.15) is 0 Å². The molecule has 5 nitrogen and oxygen atoms in total. The van der Waals surface area contributed by atoms with E-state index >= 15 is 0 Å². The van der Waals surface area contributed by atoms with Crippen molar-refractivity contribution in [3.8, 4) is 11.5 Å². The SMILES string of the molecule is C.CC(C)(C)c1cccc(O)c1.CC(C)(C)c1cccc(OCC2(CO)CC2)c1.OCC1(CO)CC1. The first-order chi connectivity index (χ1) is 16.3. The zero-order valence-corrected chi connectivity index (χ0v) is 22.5. The first kappa shape index (κ1) is 31.9. The van der Waals surface area contributed by atoms with Gasteiger partial charge in [0.1, 0.15) is 11.5 Å². The van der Waals surface area contributed by atoms with Crippen LogP contribution in [-0.2, 0) is 10.8 Å². The van der Waals surface area contributed by atoms with Crippen LogP contribution in [0.5, 0.6) is 11.5 Å². The summed E-state index contributed by atoms with van der Waals surface area (Å²) in [5.41, 5.74) is 2.71. The number of phenols is 1. The molecule has 0 amide bonds. The third kappa shape index (κ3) is 10.1. The highest BCUT2D eigenvalue weighted by Crippen LogP contribution is 2.45. The van der Waals surface area contributed by atoms with Gasteiger partial charge >= 0.3 is 0 Å². The molecule has 204 valence electrons. The van der Waals surface area contributed by atoms with E-state index in [0.29, 0.717) is 12.4 Å². The van der Waals surface area contributed by atoms with Crippen molar-refractivity contribution in [3.63, 3.8) is 0 Å². The van der Waals surface area contributed by atoms with E-state index in [9.17, 15) is 10.2 Å². The highest BCUT2D eigenvalue weighted by atomic mass is 16.5. The molecule has 0 bridgehead atoms. The minimum Gasteiger partial charge on any atom is -0.508 e. The number of hydrogen-bond donors (Lipinski definition) is 4. The highest BCUT2D eigenvalue weighted by Gasteiger charge is 2.43. The summed E-state index contributed by atoms with van der Waals surface area (Å²) in [5, 5.41) is 35.4. The molecule has 2 fully saturated rings. The number of benzene rings is 2. The lowest BCUT2D eigenvalue weighted by molar-refractivity contribution is 0.134. The van der Waals surface area contributed by atoms with Crippen LogP contribution >= 0.6 is 0 Å². The van der Waals surface area contributed by atoms with E-state index in [1.165, 1.54) is 5.56 Å². The molecule has 2 aliphatic carbocycles. The Labute approximate surface area is 219 Å². The maximum absolute atomic E-state index is 9.24. The fourth-order valence-electron chi connectivity index (χ4n) is 3.33. The highest BCUT2D eigenvalue weighted by molar-refractivity contribution is 5.33. The first-order valence-corrected chi connectivity index (χ1v) is 12.6. The lowest BCUT2D eigenvalue weighted by Gasteiger charge is -2.20. The van der Waals surface area contributed by atoms with Crippen molar-refractivity contribution in [2.75, 3.05) is 26.4 Å². The average Bonchev–Trinajstić information content (AvgIpc) is 3.74. The second-order valence-electron chi connectivity index (χ2n) is 12.3. The van der Waals surface area contributed by atoms with Gasteiger partial charge < -0.3 is 25.2 Å². The molecule has 0 radical (unpaired) electrons. The number of aromatic hydroxyl groups is 1. The molecule has 0 unspecified atom stereocenters. The summed E-state index contributed by atoms with van der Waals surface area (Å²) < 4.78 is 5.80. The summed E-state index contributed by atoms with van der Waals surface area (Å²) in [6, 6.07) is 15.7. The maximum atomic E-state index is 9.24. The van der Waals surface area contributed by atoms with Gasteiger partial charge in [-0.3, -0.25) is 0 Å². The number of aliphatic hydroxyl groups excluding tert-OH is 3. The van der Waals surface area contributed by atoms with Gasteiger partial charge in [-0.25, -0.2) is 0 Å². The standard InChI is InChI=1S/C15H22O2.C10H14O.C5H10O2.CH4/c1-14(2,3)12-5-4-6-13(9-12)17-11-15(10-16)7-8-15;1-10(2,3)8-5-4-6-9(11)7-8;6-3-5(4-7)1-2-5;/h4-6,9,16H,7-8,10-11H2,1-3H3;4-7,11H,1-3H3;6-7H,1-4H2;1H4. The van der Waals surface area contributed by atoms with Gasteiger partial charge in [-0.05, 0) is 71.9 Å². The first-order valence-electron chi connectivity index (χ1n) is 12.6. The molecule has 5 heteroatoms. The van der Waals surface area contributed by atoms with Crippen molar-refractivity contribution >= 4 is 0 Å². The zero-order valence-electron chi connectivity index (χ0n) is 22.5. The monoisotopic (exact) mass is 502 g/mol. The number of rotatable bonds is 6. The van der Waals surface area contributed by atoms with Gasteiger partial charge in [-0.15, -0.1) is 0 Å². The minimum atomic E-state index is -0.0556. The Balaban J connectivity index is 0.000000293. The zero-order chi connectivity index (χ0) is 26.3. The van der Waals surface area contributed by atoms with Crippen LogP contribution in [0.3, 0.4) is 0 Å². The topological polar surface area (TPSA) is 90.2 Å². The van der Waals surface area contributed by atoms with Crippen LogP contribution in [-0.4, -0.2) is 46.9 Å². The van der Waals surface area contributed by atoms with Gasteiger partial charge in [0.25, 0.3) is 0 Å². The summed E-state index contributed by atoms with van der Waals surface area (Å²) in [5.74, 6) is 1.26. The number of ether oxygens (including phenoxy) is 1. The molecule has 0 spiro atoms. The van der Waals surface area contributed by atoms with Crippen LogP contribution in [0.2, 0.25) is 0 Å². The number of phenolic OH excluding ortho intramolecular Hbond substituents is 1. The third-order valence-corrected chi connectivity index (χ3v) is 6.88. The lowest BCUT2D eigenvalue weighted by atomic mass is 9.87. The molecule has 4 rings (SSSR count). The lowest BCUT2D eigenvalue weighted by Crippen LogP contribution is -2.17. The van der Waals surface area contributed by atoms with Crippen LogP contribution in [0.4, 0.5) is 0 Å². The van der Waals surface area contributed by atoms with Gasteiger partial charge in [-0.1, -0.05) is 73.2 Å². The molecule has 0 saturated heterocycles. The van der Waals surface area contributed by atoms with Gasteiger partial charge in [0.05, 0.1) is 26.4 Å².